The topological polar surface area (TPSA) is 18.1 Å². The molecule has 1 aliphatic rings. The van der Waals surface area contributed by atoms with Crippen molar-refractivity contribution in [3.05, 3.63) is 144 Å². The molecule has 39 heavy (non-hydrogen) atoms. The number of rotatable bonds is 2. The second-order valence-electron chi connectivity index (χ2n) is 10.0. The third kappa shape index (κ3) is 3.02. The van der Waals surface area contributed by atoms with Gasteiger partial charge in [0.15, 0.2) is 0 Å². The summed E-state index contributed by atoms with van der Waals surface area (Å²) in [5, 5.41) is 4.92. The predicted octanol–water partition coefficient (Wildman–Crippen LogP) is 10.1. The first-order valence-electron chi connectivity index (χ1n) is 13.2. The molecule has 1 aliphatic heterocycles. The molecule has 2 nitrogen and oxygen atoms in total. The van der Waals surface area contributed by atoms with E-state index in [4.69, 9.17) is 4.42 Å². The van der Waals surface area contributed by atoms with E-state index in [0.717, 1.165) is 16.9 Å². The summed E-state index contributed by atoms with van der Waals surface area (Å²) in [4.78, 5) is 0. The van der Waals surface area contributed by atoms with Crippen molar-refractivity contribution in [3.63, 3.8) is 0 Å². The standard InChI is InChI=1S/C36H22INO/c1-5-13-31-25(9-1)26-10-2-6-14-32(26)37(31)23-17-19-35-29(21-23)30-22-24(18-20-36(30)39-35)38-33-15-7-3-11-27(33)28-12-4-8-16-34(28)38/h1-22H. The van der Waals surface area contributed by atoms with E-state index in [-0.39, 0.29) is 0 Å². The van der Waals surface area contributed by atoms with Gasteiger partial charge >= 0.3 is 234 Å². The van der Waals surface area contributed by atoms with E-state index in [0.29, 0.717) is 0 Å². The maximum absolute atomic E-state index is 6.36. The molecule has 0 fully saturated rings. The van der Waals surface area contributed by atoms with E-state index in [2.05, 4.69) is 138 Å². The number of hydrogen-bond donors (Lipinski definition) is 0. The average molecular weight is 611 g/mol. The van der Waals surface area contributed by atoms with Gasteiger partial charge in [0.05, 0.1) is 0 Å². The summed E-state index contributed by atoms with van der Waals surface area (Å²) in [6, 6.07) is 48.9. The molecule has 0 saturated heterocycles. The molecule has 0 unspecified atom stereocenters. The van der Waals surface area contributed by atoms with Crippen LogP contribution in [0, 0.1) is 10.7 Å². The van der Waals surface area contributed by atoms with Crippen LogP contribution in [-0.2, 0) is 0 Å². The van der Waals surface area contributed by atoms with E-state index in [1.165, 1.54) is 54.4 Å². The Morgan fingerprint density at radius 1 is 0.462 bits per heavy atom. The zero-order valence-electron chi connectivity index (χ0n) is 20.9. The van der Waals surface area contributed by atoms with Crippen LogP contribution in [0.25, 0.3) is 60.6 Å². The number of furan rings is 1. The Morgan fingerprint density at radius 3 is 1.67 bits per heavy atom. The Balaban J connectivity index is 1.28. The normalized spacial score (nSPS) is 13.5. The Morgan fingerprint density at radius 2 is 1.00 bits per heavy atom. The van der Waals surface area contributed by atoms with Crippen molar-refractivity contribution in [2.75, 3.05) is 0 Å². The minimum absolute atomic E-state index is 0.933. The van der Waals surface area contributed by atoms with Gasteiger partial charge in [-0.3, -0.25) is 0 Å². The Kier molecular flexibility index (Phi) is 4.47. The van der Waals surface area contributed by atoms with Crippen molar-refractivity contribution in [1.29, 1.82) is 0 Å². The summed E-state index contributed by atoms with van der Waals surface area (Å²) in [6.45, 7) is 0. The molecular weight excluding hydrogens is 589 g/mol. The van der Waals surface area contributed by atoms with Gasteiger partial charge in [-0.2, -0.15) is 0 Å². The van der Waals surface area contributed by atoms with Crippen molar-refractivity contribution >= 4 is 63.6 Å². The number of aromatic nitrogens is 1. The van der Waals surface area contributed by atoms with Gasteiger partial charge in [-0.05, 0) is 0 Å². The van der Waals surface area contributed by atoms with Crippen LogP contribution < -0.4 is 0 Å². The molecule has 0 saturated carbocycles. The van der Waals surface area contributed by atoms with E-state index < -0.39 is 19.8 Å². The van der Waals surface area contributed by atoms with Crippen LogP contribution in [0.5, 0.6) is 0 Å². The molecular formula is C36H22INO. The fraction of sp³-hybridized carbons (Fsp3) is 0. The SMILES string of the molecule is c1ccc2c(c1)-c1ccccc1I2c1ccc2oc3ccc(-n4c5ccccc5c5ccccc54)cc3c2c1. The van der Waals surface area contributed by atoms with E-state index in [1.807, 2.05) is 0 Å². The second kappa shape index (κ2) is 8.08. The van der Waals surface area contributed by atoms with Gasteiger partial charge in [-0.15, -0.1) is 0 Å². The number of halogens is 1. The summed E-state index contributed by atoms with van der Waals surface area (Å²) < 4.78 is 13.3. The third-order valence-corrected chi connectivity index (χ3v) is 14.0. The number of para-hydroxylation sites is 2. The zero-order valence-corrected chi connectivity index (χ0v) is 23.1. The molecule has 0 amide bonds. The van der Waals surface area contributed by atoms with Crippen LogP contribution in [0.2, 0.25) is 0 Å². The number of fused-ring (bicyclic) bond motifs is 9. The van der Waals surface area contributed by atoms with E-state index in [9.17, 15) is 0 Å². The van der Waals surface area contributed by atoms with Crippen molar-refractivity contribution in [3.8, 4) is 16.8 Å². The quantitative estimate of drug-likeness (QED) is 0.178. The van der Waals surface area contributed by atoms with Crippen molar-refractivity contribution in [2.24, 2.45) is 0 Å². The van der Waals surface area contributed by atoms with Crippen LogP contribution in [-0.4, -0.2) is 4.57 Å². The molecule has 2 aromatic heterocycles. The van der Waals surface area contributed by atoms with Gasteiger partial charge in [0.1, 0.15) is 0 Å². The molecule has 0 bridgehead atoms. The first-order valence-corrected chi connectivity index (χ1v) is 16.4. The van der Waals surface area contributed by atoms with Gasteiger partial charge in [0.25, 0.3) is 0 Å². The maximum atomic E-state index is 6.36. The van der Waals surface area contributed by atoms with Gasteiger partial charge in [-0.25, -0.2) is 0 Å². The molecule has 0 aliphatic carbocycles. The molecule has 184 valence electrons. The summed E-state index contributed by atoms with van der Waals surface area (Å²) in [6.07, 6.45) is 0. The third-order valence-electron chi connectivity index (χ3n) is 7.92. The molecule has 0 spiro atoms. The summed E-state index contributed by atoms with van der Waals surface area (Å²) >= 11 is -1.80. The fourth-order valence-corrected chi connectivity index (χ4v) is 12.6. The van der Waals surface area contributed by atoms with Gasteiger partial charge in [-0.1, -0.05) is 0 Å². The van der Waals surface area contributed by atoms with Crippen LogP contribution >= 0.6 is 19.8 Å². The monoisotopic (exact) mass is 611 g/mol. The molecule has 0 N–H and O–H groups in total. The van der Waals surface area contributed by atoms with Crippen molar-refractivity contribution in [2.45, 2.75) is 0 Å². The fourth-order valence-electron chi connectivity index (χ4n) is 6.23. The van der Waals surface area contributed by atoms with Gasteiger partial charge in [0.2, 0.25) is 0 Å². The zero-order chi connectivity index (χ0) is 25.5. The van der Waals surface area contributed by atoms with Crippen LogP contribution in [0.4, 0.5) is 0 Å². The molecule has 0 atom stereocenters. The first kappa shape index (κ1) is 21.6. The van der Waals surface area contributed by atoms with Crippen LogP contribution in [0.15, 0.2) is 138 Å². The number of nitrogens with zero attached hydrogens (tertiary/aromatic N) is 1. The molecule has 3 heteroatoms. The van der Waals surface area contributed by atoms with Gasteiger partial charge in [0, 0.05) is 0 Å². The summed E-state index contributed by atoms with van der Waals surface area (Å²) in [5.41, 5.74) is 8.29. The Hall–Kier alpha value is -4.35. The predicted molar refractivity (Wildman–Crippen MR) is 170 cm³/mol. The molecule has 6 aromatic carbocycles. The number of benzene rings is 6. The van der Waals surface area contributed by atoms with Crippen LogP contribution in [0.3, 0.4) is 0 Å². The average Bonchev–Trinajstić information content (AvgIpc) is 3.64. The Labute approximate surface area is 232 Å². The van der Waals surface area contributed by atoms with Gasteiger partial charge < -0.3 is 0 Å². The second-order valence-corrected chi connectivity index (χ2v) is 15.2. The first-order chi connectivity index (χ1) is 19.3. The van der Waals surface area contributed by atoms with E-state index in [1.54, 1.807) is 0 Å². The summed E-state index contributed by atoms with van der Waals surface area (Å²) in [5.74, 6) is 0. The molecule has 9 rings (SSSR count). The molecule has 8 aromatic rings. The Bertz CT molecular complexity index is 2150. The van der Waals surface area contributed by atoms with Crippen molar-refractivity contribution in [1.82, 2.24) is 4.57 Å². The van der Waals surface area contributed by atoms with Crippen LogP contribution in [0.1, 0.15) is 0 Å². The number of hydrogen-bond acceptors (Lipinski definition) is 1. The van der Waals surface area contributed by atoms with E-state index >= 15 is 0 Å². The van der Waals surface area contributed by atoms with Crippen molar-refractivity contribution < 1.29 is 4.42 Å². The molecule has 3 heterocycles. The summed E-state index contributed by atoms with van der Waals surface area (Å²) in [7, 11) is 0. The minimum atomic E-state index is -1.80. The molecule has 0 radical (unpaired) electrons.